The predicted octanol–water partition coefficient (Wildman–Crippen LogP) is 5.89. The minimum atomic E-state index is -3.44. The van der Waals surface area contributed by atoms with Gasteiger partial charge >= 0.3 is 6.01 Å². The fraction of sp³-hybridized carbons (Fsp3) is 0.321. The molecule has 9 nitrogen and oxygen atoms in total. The van der Waals surface area contributed by atoms with Crippen LogP contribution in [0.25, 0.3) is 22.2 Å². The van der Waals surface area contributed by atoms with E-state index in [1.807, 2.05) is 38.1 Å². The molecule has 38 heavy (non-hydrogen) atoms. The number of hydrogen-bond acceptors (Lipinski definition) is 7. The summed E-state index contributed by atoms with van der Waals surface area (Å²) >= 11 is 0. The van der Waals surface area contributed by atoms with Crippen molar-refractivity contribution in [3.63, 3.8) is 0 Å². The Morgan fingerprint density at radius 1 is 1.16 bits per heavy atom. The largest absolute Gasteiger partial charge is 0.481 e. The molecule has 2 aromatic carbocycles. The summed E-state index contributed by atoms with van der Waals surface area (Å²) < 4.78 is 40.7. The van der Waals surface area contributed by atoms with E-state index < -0.39 is 10.0 Å². The minimum absolute atomic E-state index is 0.0208. The van der Waals surface area contributed by atoms with E-state index in [1.165, 1.54) is 7.11 Å². The highest BCUT2D eigenvalue weighted by Gasteiger charge is 2.28. The first-order valence-corrected chi connectivity index (χ1v) is 14.2. The first-order chi connectivity index (χ1) is 18.3. The maximum atomic E-state index is 12.4. The van der Waals surface area contributed by atoms with Gasteiger partial charge in [0.25, 0.3) is 0 Å². The van der Waals surface area contributed by atoms with Gasteiger partial charge in [0.05, 0.1) is 29.6 Å². The number of benzene rings is 2. The van der Waals surface area contributed by atoms with Gasteiger partial charge in [0.15, 0.2) is 0 Å². The monoisotopic (exact) mass is 531 g/mol. The Kier molecular flexibility index (Phi) is 6.95. The van der Waals surface area contributed by atoms with E-state index in [0.717, 1.165) is 41.4 Å². The Morgan fingerprint density at radius 2 is 1.92 bits per heavy atom. The number of nitriles is 1. The van der Waals surface area contributed by atoms with Gasteiger partial charge in [-0.05, 0) is 55.0 Å². The van der Waals surface area contributed by atoms with E-state index >= 15 is 0 Å². The zero-order valence-electron chi connectivity index (χ0n) is 21.5. The summed E-state index contributed by atoms with van der Waals surface area (Å²) in [7, 11) is -1.91. The molecule has 196 valence electrons. The Bertz CT molecular complexity index is 1620. The van der Waals surface area contributed by atoms with Gasteiger partial charge < -0.3 is 14.0 Å². The Balaban J connectivity index is 1.55. The van der Waals surface area contributed by atoms with Crippen molar-refractivity contribution in [2.45, 2.75) is 39.2 Å². The van der Waals surface area contributed by atoms with E-state index in [2.05, 4.69) is 25.3 Å². The van der Waals surface area contributed by atoms with E-state index in [4.69, 9.17) is 9.47 Å². The highest BCUT2D eigenvalue weighted by Crippen LogP contribution is 2.43. The summed E-state index contributed by atoms with van der Waals surface area (Å²) in [6, 6.07) is 17.3. The Labute approximate surface area is 222 Å². The average Bonchev–Trinajstić information content (AvgIpc) is 3.15. The van der Waals surface area contributed by atoms with Gasteiger partial charge in [0, 0.05) is 35.4 Å². The van der Waals surface area contributed by atoms with Gasteiger partial charge in [0.1, 0.15) is 11.8 Å². The molecule has 1 aliphatic carbocycles. The molecule has 1 saturated carbocycles. The molecule has 4 aromatic rings. The highest BCUT2D eigenvalue weighted by molar-refractivity contribution is 7.92. The molecule has 2 aromatic heterocycles. The van der Waals surface area contributed by atoms with Crippen LogP contribution in [0.15, 0.2) is 54.7 Å². The zero-order chi connectivity index (χ0) is 26.9. The molecule has 10 heteroatoms. The number of anilines is 1. The first kappa shape index (κ1) is 25.5. The van der Waals surface area contributed by atoms with E-state index in [0.29, 0.717) is 22.9 Å². The molecule has 5 rings (SSSR count). The highest BCUT2D eigenvalue weighted by atomic mass is 32.2. The molecular weight excluding hydrogens is 502 g/mol. The van der Waals surface area contributed by atoms with E-state index in [9.17, 15) is 13.7 Å². The Hall–Kier alpha value is -4.10. The lowest BCUT2D eigenvalue weighted by molar-refractivity contribution is 0.324. The molecule has 0 bridgehead atoms. The average molecular weight is 532 g/mol. The summed E-state index contributed by atoms with van der Waals surface area (Å²) in [5.74, 6) is 1.02. The van der Waals surface area contributed by atoms with Crippen LogP contribution in [0.4, 0.5) is 5.69 Å². The molecule has 0 aliphatic heterocycles. The van der Waals surface area contributed by atoms with E-state index in [-0.39, 0.29) is 23.7 Å². The fourth-order valence-corrected chi connectivity index (χ4v) is 6.18. The maximum absolute atomic E-state index is 12.4. The van der Waals surface area contributed by atoms with Crippen LogP contribution in [-0.4, -0.2) is 35.8 Å². The lowest BCUT2D eigenvalue weighted by atomic mass is 9.92. The second-order valence-corrected chi connectivity index (χ2v) is 11.6. The molecule has 0 unspecified atom stereocenters. The van der Waals surface area contributed by atoms with Crippen LogP contribution in [0.2, 0.25) is 0 Å². The number of rotatable bonds is 9. The number of fused-ring (bicyclic) bond motifs is 1. The number of hydrogen-bond donors (Lipinski definition) is 1. The van der Waals surface area contributed by atoms with Gasteiger partial charge in [-0.15, -0.1) is 0 Å². The minimum Gasteiger partial charge on any atom is -0.481 e. The van der Waals surface area contributed by atoms with Gasteiger partial charge in [0.2, 0.25) is 15.9 Å². The lowest BCUT2D eigenvalue weighted by Crippen LogP contribution is -2.20. The van der Waals surface area contributed by atoms with Crippen LogP contribution in [0.1, 0.15) is 44.7 Å². The first-order valence-electron chi connectivity index (χ1n) is 12.5. The van der Waals surface area contributed by atoms with Crippen molar-refractivity contribution in [2.24, 2.45) is 5.92 Å². The molecule has 0 amide bonds. The summed E-state index contributed by atoms with van der Waals surface area (Å²) in [5.41, 5.74) is 3.62. The number of ether oxygens (including phenoxy) is 2. The topological polar surface area (TPSA) is 119 Å². The molecule has 0 radical (unpaired) electrons. The molecule has 0 spiro atoms. The van der Waals surface area contributed by atoms with Crippen LogP contribution >= 0.6 is 0 Å². The molecular formula is C28H29N5O4S. The SMILES string of the molecule is COc1ccnc(Oc2ccc3c(C#N)c(-c4ccc(NS(=O)(=O)CC(C)C)cc4)n(C4CCC4)c3c2)n1. The molecule has 0 atom stereocenters. The fourth-order valence-electron chi connectivity index (χ4n) is 4.72. The van der Waals surface area contributed by atoms with Crippen molar-refractivity contribution < 1.29 is 17.9 Å². The molecule has 1 N–H and O–H groups in total. The second kappa shape index (κ2) is 10.3. The third kappa shape index (κ3) is 5.15. The standard InChI is InChI=1S/C28H29N5O4S/c1-18(2)17-38(34,35)32-20-9-7-19(8-10-20)27-24(16-29)23-12-11-22(15-25(23)33(27)21-5-4-6-21)37-28-30-14-13-26(31-28)36-3/h7-15,18,21,32H,4-6,17H2,1-3H3. The van der Waals surface area contributed by atoms with Crippen molar-refractivity contribution >= 4 is 26.6 Å². The molecule has 2 heterocycles. The van der Waals surface area contributed by atoms with E-state index in [1.54, 1.807) is 30.5 Å². The number of nitrogens with zero attached hydrogens (tertiary/aromatic N) is 4. The van der Waals surface area contributed by atoms with Crippen LogP contribution < -0.4 is 14.2 Å². The quantitative estimate of drug-likeness (QED) is 0.286. The van der Waals surface area contributed by atoms with Crippen molar-refractivity contribution in [1.82, 2.24) is 14.5 Å². The van der Waals surface area contributed by atoms with Gasteiger partial charge in [-0.2, -0.15) is 10.2 Å². The smallest absolute Gasteiger partial charge is 0.325 e. The third-order valence-corrected chi connectivity index (χ3v) is 8.19. The number of methoxy groups -OCH3 is 1. The van der Waals surface area contributed by atoms with Crippen molar-refractivity contribution in [3.05, 3.63) is 60.3 Å². The normalized spacial score (nSPS) is 13.8. The zero-order valence-corrected chi connectivity index (χ0v) is 22.3. The van der Waals surface area contributed by atoms with Gasteiger partial charge in [-0.1, -0.05) is 26.0 Å². The molecule has 1 fully saturated rings. The number of nitrogens with one attached hydrogen (secondary N) is 1. The van der Waals surface area contributed by atoms with Crippen LogP contribution in [0.3, 0.4) is 0 Å². The van der Waals surface area contributed by atoms with Gasteiger partial charge in [-0.3, -0.25) is 4.72 Å². The van der Waals surface area contributed by atoms with Crippen molar-refractivity contribution in [2.75, 3.05) is 17.6 Å². The Morgan fingerprint density at radius 3 is 2.55 bits per heavy atom. The summed E-state index contributed by atoms with van der Waals surface area (Å²) in [5, 5.41) is 11.0. The van der Waals surface area contributed by atoms with Crippen molar-refractivity contribution in [3.8, 4) is 35.0 Å². The van der Waals surface area contributed by atoms with Crippen LogP contribution in [0.5, 0.6) is 17.6 Å². The molecule has 0 saturated heterocycles. The number of sulfonamides is 1. The second-order valence-electron chi connectivity index (χ2n) is 9.81. The van der Waals surface area contributed by atoms with Crippen LogP contribution in [-0.2, 0) is 10.0 Å². The summed E-state index contributed by atoms with van der Waals surface area (Å²) in [6.45, 7) is 3.73. The third-order valence-electron chi connectivity index (χ3n) is 6.54. The van der Waals surface area contributed by atoms with Crippen LogP contribution in [0, 0.1) is 17.2 Å². The lowest BCUT2D eigenvalue weighted by Gasteiger charge is -2.30. The summed E-state index contributed by atoms with van der Waals surface area (Å²) in [4.78, 5) is 8.39. The maximum Gasteiger partial charge on any atom is 0.325 e. The van der Waals surface area contributed by atoms with Gasteiger partial charge in [-0.25, -0.2) is 13.4 Å². The predicted molar refractivity (Wildman–Crippen MR) is 146 cm³/mol. The summed E-state index contributed by atoms with van der Waals surface area (Å²) in [6.07, 6.45) is 4.71. The van der Waals surface area contributed by atoms with Crippen molar-refractivity contribution in [1.29, 1.82) is 5.26 Å². The number of aromatic nitrogens is 3. The molecule has 1 aliphatic rings.